The minimum Gasteiger partial charge on any atom is -0.354 e. The van der Waals surface area contributed by atoms with Crippen LogP contribution >= 0.6 is 0 Å². The van der Waals surface area contributed by atoms with Crippen molar-refractivity contribution in [1.29, 1.82) is 10.7 Å². The molecule has 7 nitrogen and oxygen atoms in total. The van der Waals surface area contributed by atoms with E-state index in [4.69, 9.17) is 10.7 Å². The molecule has 1 aromatic carbocycles. The van der Waals surface area contributed by atoms with Crippen LogP contribution in [0.4, 0.5) is 17.3 Å². The molecular formula is C28H39N7. The monoisotopic (exact) mass is 473 g/mol. The summed E-state index contributed by atoms with van der Waals surface area (Å²) in [6.07, 6.45) is 9.39. The topological polar surface area (TPSA) is 91.9 Å². The fourth-order valence-corrected chi connectivity index (χ4v) is 4.83. The second kappa shape index (κ2) is 11.2. The van der Waals surface area contributed by atoms with E-state index in [9.17, 15) is 0 Å². The van der Waals surface area contributed by atoms with Gasteiger partial charge in [-0.3, -0.25) is 4.90 Å². The summed E-state index contributed by atoms with van der Waals surface area (Å²) in [5.41, 5.74) is 2.32. The maximum absolute atomic E-state index is 8.33. The van der Waals surface area contributed by atoms with Gasteiger partial charge in [-0.05, 0) is 56.6 Å². The van der Waals surface area contributed by atoms with Crippen LogP contribution in [0, 0.1) is 34.0 Å². The van der Waals surface area contributed by atoms with Crippen LogP contribution in [0.3, 0.4) is 0 Å². The number of nitrogens with one attached hydrogen (secondary N) is 2. The molecule has 0 bridgehead atoms. The van der Waals surface area contributed by atoms with Crippen molar-refractivity contribution in [2.75, 3.05) is 36.4 Å². The summed E-state index contributed by atoms with van der Waals surface area (Å²) in [5, 5.41) is 19.2. The number of rotatable bonds is 8. The van der Waals surface area contributed by atoms with Crippen molar-refractivity contribution < 1.29 is 0 Å². The smallest absolute Gasteiger partial charge is 0.135 e. The quantitative estimate of drug-likeness (QED) is 0.494. The summed E-state index contributed by atoms with van der Waals surface area (Å²) in [6.45, 7) is 11.1. The number of aromatic nitrogens is 2. The molecule has 1 saturated heterocycles. The molecule has 1 aliphatic heterocycles. The van der Waals surface area contributed by atoms with Gasteiger partial charge in [0.2, 0.25) is 0 Å². The Morgan fingerprint density at radius 3 is 2.71 bits per heavy atom. The third kappa shape index (κ3) is 6.37. The van der Waals surface area contributed by atoms with Crippen molar-refractivity contribution in [2.45, 2.75) is 58.9 Å². The molecular weight excluding hydrogens is 434 g/mol. The Morgan fingerprint density at radius 2 is 2.09 bits per heavy atom. The lowest BCUT2D eigenvalue weighted by atomic mass is 10.0. The molecule has 1 aromatic heterocycles. The molecule has 2 N–H and O–H groups in total. The van der Waals surface area contributed by atoms with Gasteiger partial charge in [-0.2, -0.15) is 5.26 Å². The van der Waals surface area contributed by atoms with Crippen LogP contribution in [0.25, 0.3) is 0 Å². The molecule has 2 aliphatic carbocycles. The van der Waals surface area contributed by atoms with E-state index >= 15 is 0 Å². The van der Waals surface area contributed by atoms with Crippen LogP contribution in [0.5, 0.6) is 0 Å². The number of nitrogens with zero attached hydrogens (tertiary/aromatic N) is 5. The Kier molecular flexibility index (Phi) is 8.02. The van der Waals surface area contributed by atoms with E-state index in [2.05, 4.69) is 51.9 Å². The van der Waals surface area contributed by atoms with E-state index in [0.29, 0.717) is 17.4 Å². The standard InChI is InChI=1S/C22H32N6.C6H7N/c1-4-17(2)9-10-27-11-12-28(15-18(27)3)22-13-21(24-16-25-22)26-20-8-6-5-7-19(20)14-23;7-4-5-3-6(5)1-2-6/h5-8,13-14,16-18,23H,4,9-12,15H2,1-3H3,(H,24,25,26);5H,1-3H2. The van der Waals surface area contributed by atoms with Gasteiger partial charge in [0.25, 0.3) is 0 Å². The minimum absolute atomic E-state index is 0.465. The van der Waals surface area contributed by atoms with Gasteiger partial charge in [-0.25, -0.2) is 9.97 Å². The fraction of sp³-hybridized carbons (Fsp3) is 0.571. The number of para-hydroxylation sites is 1. The molecule has 186 valence electrons. The minimum atomic E-state index is 0.465. The summed E-state index contributed by atoms with van der Waals surface area (Å²) >= 11 is 0. The highest BCUT2D eigenvalue weighted by molar-refractivity contribution is 5.87. The van der Waals surface area contributed by atoms with Crippen LogP contribution in [0.2, 0.25) is 0 Å². The molecule has 5 rings (SSSR count). The highest BCUT2D eigenvalue weighted by Gasteiger charge is 2.63. The Balaban J connectivity index is 0.000000347. The first-order chi connectivity index (χ1) is 17.0. The van der Waals surface area contributed by atoms with Gasteiger partial charge in [-0.1, -0.05) is 38.5 Å². The summed E-state index contributed by atoms with van der Waals surface area (Å²) in [4.78, 5) is 13.8. The Morgan fingerprint density at radius 1 is 1.29 bits per heavy atom. The van der Waals surface area contributed by atoms with E-state index in [1.165, 1.54) is 44.9 Å². The summed E-state index contributed by atoms with van der Waals surface area (Å²) < 4.78 is 0. The number of hydrogen-bond acceptors (Lipinski definition) is 7. The maximum Gasteiger partial charge on any atom is 0.135 e. The molecule has 1 spiro atoms. The zero-order valence-electron chi connectivity index (χ0n) is 21.4. The predicted molar refractivity (Wildman–Crippen MR) is 142 cm³/mol. The molecule has 7 heteroatoms. The average molecular weight is 474 g/mol. The molecule has 2 heterocycles. The lowest BCUT2D eigenvalue weighted by Crippen LogP contribution is -2.52. The molecule has 3 atom stereocenters. The Bertz CT molecular complexity index is 1040. The van der Waals surface area contributed by atoms with E-state index in [1.807, 2.05) is 30.3 Å². The molecule has 3 fully saturated rings. The lowest BCUT2D eigenvalue weighted by Gasteiger charge is -2.40. The van der Waals surface area contributed by atoms with Crippen LogP contribution < -0.4 is 10.2 Å². The first-order valence-corrected chi connectivity index (χ1v) is 13.0. The Hall–Kier alpha value is -2.98. The predicted octanol–water partition coefficient (Wildman–Crippen LogP) is 5.47. The number of benzene rings is 1. The average Bonchev–Trinajstić information content (AvgIpc) is 3.82. The molecule has 0 radical (unpaired) electrons. The first kappa shape index (κ1) is 25.1. The van der Waals surface area contributed by atoms with E-state index in [1.54, 1.807) is 6.33 Å². The molecule has 3 aliphatic rings. The van der Waals surface area contributed by atoms with Crippen molar-refractivity contribution in [1.82, 2.24) is 14.9 Å². The van der Waals surface area contributed by atoms with Gasteiger partial charge in [0.15, 0.2) is 0 Å². The van der Waals surface area contributed by atoms with E-state index < -0.39 is 0 Å². The second-order valence-corrected chi connectivity index (χ2v) is 10.5. The van der Waals surface area contributed by atoms with Crippen molar-refractivity contribution in [3.63, 3.8) is 0 Å². The zero-order valence-corrected chi connectivity index (χ0v) is 21.4. The van der Waals surface area contributed by atoms with E-state index in [0.717, 1.165) is 48.4 Å². The molecule has 35 heavy (non-hydrogen) atoms. The van der Waals surface area contributed by atoms with Crippen LogP contribution in [-0.2, 0) is 0 Å². The van der Waals surface area contributed by atoms with Crippen molar-refractivity contribution in [2.24, 2.45) is 17.3 Å². The Labute approximate surface area is 210 Å². The van der Waals surface area contributed by atoms with Gasteiger partial charge >= 0.3 is 0 Å². The summed E-state index contributed by atoms with van der Waals surface area (Å²) in [6, 6.07) is 12.6. The van der Waals surface area contributed by atoms with Crippen LogP contribution in [-0.4, -0.2) is 53.3 Å². The molecule has 3 unspecified atom stereocenters. The second-order valence-electron chi connectivity index (χ2n) is 10.5. The van der Waals surface area contributed by atoms with E-state index in [-0.39, 0.29) is 0 Å². The van der Waals surface area contributed by atoms with Gasteiger partial charge in [0, 0.05) is 49.2 Å². The van der Waals surface area contributed by atoms with Gasteiger partial charge in [0.05, 0.1) is 12.0 Å². The summed E-state index contributed by atoms with van der Waals surface area (Å²) in [5.74, 6) is 2.97. The maximum atomic E-state index is 8.33. The highest BCUT2D eigenvalue weighted by atomic mass is 15.3. The summed E-state index contributed by atoms with van der Waals surface area (Å²) in [7, 11) is 0. The van der Waals surface area contributed by atoms with Gasteiger partial charge in [0.1, 0.15) is 18.0 Å². The molecule has 2 saturated carbocycles. The highest BCUT2D eigenvalue weighted by Crippen LogP contribution is 2.70. The van der Waals surface area contributed by atoms with Crippen LogP contribution in [0.15, 0.2) is 36.7 Å². The third-order valence-corrected chi connectivity index (χ3v) is 7.96. The lowest BCUT2D eigenvalue weighted by molar-refractivity contribution is 0.177. The number of hydrogen-bond donors (Lipinski definition) is 2. The number of piperazine rings is 1. The van der Waals surface area contributed by atoms with Crippen molar-refractivity contribution in [3.8, 4) is 6.07 Å². The van der Waals surface area contributed by atoms with Crippen molar-refractivity contribution >= 4 is 23.5 Å². The molecule has 0 amide bonds. The van der Waals surface area contributed by atoms with Crippen molar-refractivity contribution in [3.05, 3.63) is 42.2 Å². The first-order valence-electron chi connectivity index (χ1n) is 13.0. The normalized spacial score (nSPS) is 23.0. The molecule has 2 aromatic rings. The van der Waals surface area contributed by atoms with Crippen LogP contribution in [0.1, 0.15) is 58.4 Å². The fourth-order valence-electron chi connectivity index (χ4n) is 4.83. The third-order valence-electron chi connectivity index (χ3n) is 7.96. The SMILES string of the molecule is CCC(C)CCN1CCN(c2cc(Nc3ccccc3C=N)ncn2)CC1C.N#CC1CC12CC2. The van der Waals surface area contributed by atoms with Gasteiger partial charge in [-0.15, -0.1) is 0 Å². The zero-order chi connectivity index (χ0) is 24.8. The largest absolute Gasteiger partial charge is 0.354 e. The van der Waals surface area contributed by atoms with Gasteiger partial charge < -0.3 is 15.6 Å². The number of nitriles is 1. The number of anilines is 3.